The zero-order valence-electron chi connectivity index (χ0n) is 17.7. The number of allylic oxidation sites excluding steroid dienone is 1. The lowest BCUT2D eigenvalue weighted by Crippen LogP contribution is -2.46. The van der Waals surface area contributed by atoms with Crippen molar-refractivity contribution in [1.29, 1.82) is 0 Å². The van der Waals surface area contributed by atoms with Gasteiger partial charge in [0.05, 0.1) is 20.3 Å². The summed E-state index contributed by atoms with van der Waals surface area (Å²) in [4.78, 5) is 4.75. The average molecular weight is 418 g/mol. The highest BCUT2D eigenvalue weighted by Crippen LogP contribution is 2.19. The van der Waals surface area contributed by atoms with Crippen molar-refractivity contribution in [3.05, 3.63) is 41.5 Å². The van der Waals surface area contributed by atoms with E-state index < -0.39 is 0 Å². The van der Waals surface area contributed by atoms with Gasteiger partial charge in [-0.15, -0.1) is 0 Å². The Hall–Kier alpha value is -1.63. The highest BCUT2D eigenvalue weighted by molar-refractivity contribution is 7.80. The molecule has 5 nitrogen and oxygen atoms in total. The second-order valence-electron chi connectivity index (χ2n) is 7.81. The zero-order valence-corrected chi connectivity index (χ0v) is 18.5. The number of nitrogens with zero attached hydrogens (tertiary/aromatic N) is 2. The average Bonchev–Trinajstić information content (AvgIpc) is 2.78. The molecule has 2 aliphatic rings. The van der Waals surface area contributed by atoms with Crippen LogP contribution in [0.3, 0.4) is 0 Å². The molecule has 3 rings (SSSR count). The maximum absolute atomic E-state index is 5.78. The van der Waals surface area contributed by atoms with Crippen LogP contribution in [-0.2, 0) is 11.3 Å². The normalized spacial score (nSPS) is 17.5. The van der Waals surface area contributed by atoms with Gasteiger partial charge in [0.15, 0.2) is 5.11 Å². The third-order valence-corrected chi connectivity index (χ3v) is 6.12. The van der Waals surface area contributed by atoms with E-state index in [4.69, 9.17) is 21.7 Å². The van der Waals surface area contributed by atoms with Crippen LogP contribution in [0.15, 0.2) is 35.9 Å². The van der Waals surface area contributed by atoms with Gasteiger partial charge < -0.3 is 19.7 Å². The standard InChI is InChI=1S/C23H35N3O2S/c1-27-22-9-7-21(8-10-22)19-26(14-13-25-15-17-28-18-16-25)23(29)24-12-11-20-5-3-2-4-6-20/h5,7-10H,2-4,6,11-19H2,1H3,(H,24,29). The Kier molecular flexibility index (Phi) is 9.25. The number of benzene rings is 1. The van der Waals surface area contributed by atoms with Gasteiger partial charge in [-0.25, -0.2) is 0 Å². The summed E-state index contributed by atoms with van der Waals surface area (Å²) >= 11 is 5.78. The first-order valence-electron chi connectivity index (χ1n) is 10.9. The number of thiocarbonyl (C=S) groups is 1. The Morgan fingerprint density at radius 3 is 2.69 bits per heavy atom. The molecule has 0 aromatic heterocycles. The monoisotopic (exact) mass is 417 g/mol. The third kappa shape index (κ3) is 7.61. The number of hydrogen-bond acceptors (Lipinski definition) is 4. The fourth-order valence-electron chi connectivity index (χ4n) is 3.86. The van der Waals surface area contributed by atoms with E-state index in [1.807, 2.05) is 12.1 Å². The number of nitrogens with one attached hydrogen (secondary N) is 1. The second-order valence-corrected chi connectivity index (χ2v) is 8.20. The van der Waals surface area contributed by atoms with Gasteiger partial charge in [-0.1, -0.05) is 23.8 Å². The van der Waals surface area contributed by atoms with E-state index in [0.29, 0.717) is 0 Å². The summed E-state index contributed by atoms with van der Waals surface area (Å²) in [5.41, 5.74) is 2.83. The van der Waals surface area contributed by atoms with E-state index in [2.05, 4.69) is 33.3 Å². The van der Waals surface area contributed by atoms with E-state index in [1.165, 1.54) is 31.2 Å². The molecule has 0 radical (unpaired) electrons. The Labute approximate surface area is 181 Å². The molecule has 1 N–H and O–H groups in total. The fourth-order valence-corrected chi connectivity index (χ4v) is 4.12. The lowest BCUT2D eigenvalue weighted by Gasteiger charge is -2.31. The second kappa shape index (κ2) is 12.2. The summed E-state index contributed by atoms with van der Waals surface area (Å²) in [6, 6.07) is 8.27. The lowest BCUT2D eigenvalue weighted by atomic mass is 9.97. The molecule has 1 saturated heterocycles. The molecule has 0 atom stereocenters. The summed E-state index contributed by atoms with van der Waals surface area (Å²) in [6.07, 6.45) is 8.68. The summed E-state index contributed by atoms with van der Waals surface area (Å²) in [7, 11) is 1.70. The van der Waals surface area contributed by atoms with Crippen molar-refractivity contribution in [2.24, 2.45) is 0 Å². The van der Waals surface area contributed by atoms with Crippen LogP contribution in [0.2, 0.25) is 0 Å². The fraction of sp³-hybridized carbons (Fsp3) is 0.609. The molecule has 0 amide bonds. The van der Waals surface area contributed by atoms with E-state index in [9.17, 15) is 0 Å². The molecule has 0 bridgehead atoms. The van der Waals surface area contributed by atoms with Gasteiger partial charge in [0.1, 0.15) is 5.75 Å². The van der Waals surface area contributed by atoms with Crippen LogP contribution in [0.5, 0.6) is 5.75 Å². The molecule has 0 unspecified atom stereocenters. The molecule has 29 heavy (non-hydrogen) atoms. The third-order valence-electron chi connectivity index (χ3n) is 5.72. The molecule has 160 valence electrons. The van der Waals surface area contributed by atoms with Gasteiger partial charge in [0.2, 0.25) is 0 Å². The Balaban J connectivity index is 1.53. The van der Waals surface area contributed by atoms with Crippen LogP contribution in [-0.4, -0.2) is 68.0 Å². The van der Waals surface area contributed by atoms with Crippen molar-refractivity contribution in [3.63, 3.8) is 0 Å². The predicted molar refractivity (Wildman–Crippen MR) is 122 cm³/mol. The first-order valence-corrected chi connectivity index (χ1v) is 11.3. The van der Waals surface area contributed by atoms with E-state index >= 15 is 0 Å². The van der Waals surface area contributed by atoms with Gasteiger partial charge >= 0.3 is 0 Å². The van der Waals surface area contributed by atoms with Crippen molar-refractivity contribution in [3.8, 4) is 5.75 Å². The molecular weight excluding hydrogens is 382 g/mol. The van der Waals surface area contributed by atoms with Crippen LogP contribution in [0, 0.1) is 0 Å². The van der Waals surface area contributed by atoms with Crippen molar-refractivity contribution < 1.29 is 9.47 Å². The van der Waals surface area contributed by atoms with Crippen molar-refractivity contribution >= 4 is 17.3 Å². The van der Waals surface area contributed by atoms with Gasteiger partial charge in [-0.2, -0.15) is 0 Å². The van der Waals surface area contributed by atoms with E-state index in [0.717, 1.165) is 69.8 Å². The van der Waals surface area contributed by atoms with Crippen molar-refractivity contribution in [2.45, 2.75) is 38.6 Å². The van der Waals surface area contributed by atoms with Crippen LogP contribution >= 0.6 is 12.2 Å². The molecular formula is C23H35N3O2S. The Bertz CT molecular complexity index is 657. The predicted octanol–water partition coefficient (Wildman–Crippen LogP) is 3.59. The van der Waals surface area contributed by atoms with Crippen molar-refractivity contribution in [1.82, 2.24) is 15.1 Å². The van der Waals surface area contributed by atoms with Gasteiger partial charge in [0, 0.05) is 39.3 Å². The summed E-state index contributed by atoms with van der Waals surface area (Å²) in [6.45, 7) is 7.32. The van der Waals surface area contributed by atoms with Crippen LogP contribution in [0.4, 0.5) is 0 Å². The zero-order chi connectivity index (χ0) is 20.3. The largest absolute Gasteiger partial charge is 0.497 e. The highest BCUT2D eigenvalue weighted by Gasteiger charge is 2.15. The van der Waals surface area contributed by atoms with Crippen molar-refractivity contribution in [2.75, 3.05) is 53.0 Å². The minimum Gasteiger partial charge on any atom is -0.497 e. The molecule has 0 spiro atoms. The maximum atomic E-state index is 5.78. The van der Waals surface area contributed by atoms with Gasteiger partial charge in [-0.3, -0.25) is 4.90 Å². The molecule has 1 fully saturated rings. The van der Waals surface area contributed by atoms with E-state index in [-0.39, 0.29) is 0 Å². The smallest absolute Gasteiger partial charge is 0.169 e. The minimum atomic E-state index is 0.808. The quantitative estimate of drug-likeness (QED) is 0.489. The highest BCUT2D eigenvalue weighted by atomic mass is 32.1. The Morgan fingerprint density at radius 1 is 1.21 bits per heavy atom. The Morgan fingerprint density at radius 2 is 2.00 bits per heavy atom. The number of ether oxygens (including phenoxy) is 2. The molecule has 6 heteroatoms. The molecule has 1 aliphatic carbocycles. The first kappa shape index (κ1) is 22.1. The van der Waals surface area contributed by atoms with E-state index in [1.54, 1.807) is 12.7 Å². The van der Waals surface area contributed by atoms with Crippen LogP contribution in [0.25, 0.3) is 0 Å². The summed E-state index contributed by atoms with van der Waals surface area (Å²) in [5, 5.41) is 4.36. The van der Waals surface area contributed by atoms with Crippen LogP contribution < -0.4 is 10.1 Å². The number of methoxy groups -OCH3 is 1. The lowest BCUT2D eigenvalue weighted by molar-refractivity contribution is 0.0357. The SMILES string of the molecule is COc1ccc(CN(CCN2CCOCC2)C(=S)NCCC2=CCCCC2)cc1. The first-order chi connectivity index (χ1) is 14.2. The molecule has 0 saturated carbocycles. The van der Waals surface area contributed by atoms with Gasteiger partial charge in [0.25, 0.3) is 0 Å². The topological polar surface area (TPSA) is 37.0 Å². The number of hydrogen-bond donors (Lipinski definition) is 1. The summed E-state index contributed by atoms with van der Waals surface area (Å²) in [5.74, 6) is 0.884. The van der Waals surface area contributed by atoms with Crippen LogP contribution in [0.1, 0.15) is 37.7 Å². The molecule has 1 heterocycles. The summed E-state index contributed by atoms with van der Waals surface area (Å²) < 4.78 is 10.8. The number of rotatable bonds is 9. The van der Waals surface area contributed by atoms with Gasteiger partial charge in [-0.05, 0) is 62.0 Å². The molecule has 1 aromatic carbocycles. The minimum absolute atomic E-state index is 0.808. The molecule has 1 aromatic rings. The molecule has 1 aliphatic heterocycles. The maximum Gasteiger partial charge on any atom is 0.169 e. The number of morpholine rings is 1.